The lowest BCUT2D eigenvalue weighted by Gasteiger charge is -2.11. The van der Waals surface area contributed by atoms with E-state index in [1.165, 1.54) is 0 Å². The Kier molecular flexibility index (Phi) is 3.18. The molecule has 0 aromatic heterocycles. The van der Waals surface area contributed by atoms with Crippen molar-refractivity contribution in [3.05, 3.63) is 0 Å². The summed E-state index contributed by atoms with van der Waals surface area (Å²) in [6, 6.07) is 0. The highest BCUT2D eigenvalue weighted by atomic mass is 32.3. The molecule has 0 amide bonds. The van der Waals surface area contributed by atoms with E-state index in [1.54, 1.807) is 0 Å². The van der Waals surface area contributed by atoms with E-state index in [0.717, 1.165) is 10.5 Å². The van der Waals surface area contributed by atoms with Crippen molar-refractivity contribution >= 4 is 19.4 Å². The highest BCUT2D eigenvalue weighted by molar-refractivity contribution is 7.87. The first kappa shape index (κ1) is 9.32. The second kappa shape index (κ2) is 3.76. The summed E-state index contributed by atoms with van der Waals surface area (Å²) in [7, 11) is -4.92. The molecule has 1 aliphatic rings. The predicted octanol–water partition coefficient (Wildman–Crippen LogP) is 0.822. The molecule has 0 aromatic rings. The van der Waals surface area contributed by atoms with Gasteiger partial charge in [-0.3, -0.25) is 0 Å². The molecule has 66 valence electrons. The van der Waals surface area contributed by atoms with Crippen LogP contribution in [0.3, 0.4) is 0 Å². The van der Waals surface area contributed by atoms with Crippen LogP contribution in [0.1, 0.15) is 12.8 Å². The monoisotopic (exact) mass is 201 g/mol. The van der Waals surface area contributed by atoms with E-state index < -0.39 is 19.4 Å². The van der Waals surface area contributed by atoms with Crippen LogP contribution in [-0.2, 0) is 14.9 Å². The van der Waals surface area contributed by atoms with Crippen LogP contribution in [0.25, 0.3) is 0 Å². The first-order valence-corrected chi connectivity index (χ1v) is 5.40. The summed E-state index contributed by atoms with van der Waals surface area (Å²) >= 11 is 0. The molecule has 0 saturated carbocycles. The van der Waals surface area contributed by atoms with Gasteiger partial charge in [0.25, 0.3) is 0 Å². The highest BCUT2D eigenvalue weighted by Crippen LogP contribution is 2.27. The maximum Gasteiger partial charge on any atom is 0.379 e. The minimum Gasteiger partial charge on any atom is -0.345 e. The molecule has 7 heteroatoms. The average molecular weight is 201 g/mol. The van der Waals surface area contributed by atoms with E-state index in [4.69, 9.17) is 4.52 Å². The van der Waals surface area contributed by atoms with Gasteiger partial charge in [-0.1, -0.05) is 3.89 Å². The summed E-state index contributed by atoms with van der Waals surface area (Å²) in [6.07, 6.45) is 1.45. The van der Waals surface area contributed by atoms with Gasteiger partial charge in [-0.25, -0.2) is 0 Å². The second-order valence-electron chi connectivity index (χ2n) is 2.16. The Labute approximate surface area is 67.0 Å². The molecular formula is C4H9FNO3PS. The number of halogens is 1. The average Bonchev–Trinajstić information content (AvgIpc) is 2.10. The Bertz CT molecular complexity index is 211. The minimum atomic E-state index is -4.53. The molecule has 1 fully saturated rings. The van der Waals surface area contributed by atoms with Crippen molar-refractivity contribution < 1.29 is 16.8 Å². The van der Waals surface area contributed by atoms with Crippen molar-refractivity contribution in [2.45, 2.75) is 12.8 Å². The quantitative estimate of drug-likeness (QED) is 0.466. The summed E-state index contributed by atoms with van der Waals surface area (Å²) in [5, 5.41) is 0. The van der Waals surface area contributed by atoms with Crippen LogP contribution in [0, 0.1) is 0 Å². The Morgan fingerprint density at radius 3 is 2.82 bits per heavy atom. The van der Waals surface area contributed by atoms with Gasteiger partial charge < -0.3 is 4.52 Å². The molecule has 1 rings (SSSR count). The van der Waals surface area contributed by atoms with E-state index in [2.05, 4.69) is 0 Å². The van der Waals surface area contributed by atoms with Gasteiger partial charge in [-0.05, 0) is 12.8 Å². The fraction of sp³-hybridized carbons (Fsp3) is 1.00. The van der Waals surface area contributed by atoms with Crippen molar-refractivity contribution in [3.8, 4) is 0 Å². The van der Waals surface area contributed by atoms with Gasteiger partial charge in [0.15, 0.2) is 0 Å². The van der Waals surface area contributed by atoms with Crippen LogP contribution < -0.4 is 0 Å². The highest BCUT2D eigenvalue weighted by Gasteiger charge is 2.22. The maximum absolute atomic E-state index is 12.3. The zero-order valence-corrected chi connectivity index (χ0v) is 7.60. The Morgan fingerprint density at radius 2 is 2.18 bits per heavy atom. The molecule has 0 bridgehead atoms. The van der Waals surface area contributed by atoms with Crippen LogP contribution in [0.5, 0.6) is 0 Å². The molecule has 1 unspecified atom stereocenters. The summed E-state index contributed by atoms with van der Waals surface area (Å²) < 4.78 is 38.5. The molecule has 1 saturated heterocycles. The van der Waals surface area contributed by atoms with E-state index >= 15 is 0 Å². The van der Waals surface area contributed by atoms with Gasteiger partial charge in [0, 0.05) is 6.54 Å². The van der Waals surface area contributed by atoms with Gasteiger partial charge in [-0.15, -0.1) is 4.08 Å². The lowest BCUT2D eigenvalue weighted by Crippen LogP contribution is -2.19. The molecule has 1 atom stereocenters. The number of rotatable bonds is 1. The van der Waals surface area contributed by atoms with Gasteiger partial charge in [-0.2, -0.15) is 8.42 Å². The largest absolute Gasteiger partial charge is 0.379 e. The van der Waals surface area contributed by atoms with Crippen LogP contribution in [0.15, 0.2) is 0 Å². The fourth-order valence-corrected chi connectivity index (χ4v) is 2.24. The number of nitrogens with zero attached hydrogens (tertiary/aromatic N) is 1. The Balaban J connectivity index is 2.57. The van der Waals surface area contributed by atoms with E-state index in [-0.39, 0.29) is 6.54 Å². The van der Waals surface area contributed by atoms with E-state index in [9.17, 15) is 12.3 Å². The molecule has 0 spiro atoms. The second-order valence-corrected chi connectivity index (χ2v) is 4.76. The minimum absolute atomic E-state index is 0.233. The lowest BCUT2D eigenvalue weighted by molar-refractivity contribution is 0.356. The molecular weight excluding hydrogens is 192 g/mol. The third-order valence-electron chi connectivity index (χ3n) is 1.29. The van der Waals surface area contributed by atoms with E-state index in [1.807, 2.05) is 0 Å². The topological polar surface area (TPSA) is 46.6 Å². The molecule has 1 aliphatic heterocycles. The van der Waals surface area contributed by atoms with Gasteiger partial charge >= 0.3 is 10.4 Å². The predicted molar refractivity (Wildman–Crippen MR) is 40.2 cm³/mol. The molecule has 4 nitrogen and oxygen atoms in total. The van der Waals surface area contributed by atoms with Crippen molar-refractivity contribution in [2.75, 3.05) is 13.2 Å². The SMILES string of the molecule is O=S(=O)(F)N1CCCCOP1. The molecule has 11 heavy (non-hydrogen) atoms. The number of hydrogen-bond acceptors (Lipinski definition) is 3. The Morgan fingerprint density at radius 1 is 1.45 bits per heavy atom. The van der Waals surface area contributed by atoms with Crippen LogP contribution in [0.4, 0.5) is 3.89 Å². The van der Waals surface area contributed by atoms with Gasteiger partial charge in [0.05, 0.1) is 6.61 Å². The Hall–Kier alpha value is 0.230. The van der Waals surface area contributed by atoms with Crippen LogP contribution in [-0.4, -0.2) is 25.6 Å². The third kappa shape index (κ3) is 2.99. The first-order valence-electron chi connectivity index (χ1n) is 3.20. The van der Waals surface area contributed by atoms with E-state index in [0.29, 0.717) is 13.0 Å². The van der Waals surface area contributed by atoms with Crippen molar-refractivity contribution in [1.82, 2.24) is 4.08 Å². The van der Waals surface area contributed by atoms with Crippen molar-refractivity contribution in [1.29, 1.82) is 0 Å². The standard InChI is InChI=1S/C4H9FNO3PS/c5-11(7,8)6-3-1-2-4-9-10-6/h10H,1-4H2. The fourth-order valence-electron chi connectivity index (χ4n) is 0.746. The summed E-state index contributed by atoms with van der Waals surface area (Å²) in [5.74, 6) is 0. The van der Waals surface area contributed by atoms with Crippen molar-refractivity contribution in [2.24, 2.45) is 0 Å². The molecule has 0 aliphatic carbocycles. The zero-order valence-electron chi connectivity index (χ0n) is 5.79. The lowest BCUT2D eigenvalue weighted by atomic mass is 10.3. The molecule has 0 N–H and O–H groups in total. The normalized spacial score (nSPS) is 25.2. The van der Waals surface area contributed by atoms with Crippen molar-refractivity contribution in [3.63, 3.8) is 0 Å². The van der Waals surface area contributed by atoms with Crippen LogP contribution in [0.2, 0.25) is 0 Å². The molecule has 1 heterocycles. The third-order valence-corrected chi connectivity index (χ3v) is 3.63. The molecule has 0 radical (unpaired) electrons. The van der Waals surface area contributed by atoms with Gasteiger partial charge in [0.2, 0.25) is 0 Å². The molecule has 0 aromatic carbocycles. The summed E-state index contributed by atoms with van der Waals surface area (Å²) in [5.41, 5.74) is 0. The van der Waals surface area contributed by atoms with Crippen LogP contribution >= 0.6 is 8.96 Å². The van der Waals surface area contributed by atoms with Gasteiger partial charge in [0.1, 0.15) is 8.96 Å². The summed E-state index contributed by atoms with van der Waals surface area (Å²) in [4.78, 5) is 0. The number of hydrogen-bond donors (Lipinski definition) is 0. The first-order chi connectivity index (χ1) is 5.11. The zero-order chi connectivity index (χ0) is 8.32. The smallest absolute Gasteiger partial charge is 0.345 e. The summed E-state index contributed by atoms with van der Waals surface area (Å²) in [6.45, 7) is 0.752. The maximum atomic E-state index is 12.3.